The Morgan fingerprint density at radius 2 is 0.0400 bits per heavy atom. The van der Waals surface area contributed by atoms with Crippen molar-refractivity contribution in [3.63, 3.8) is 0 Å². The van der Waals surface area contributed by atoms with Gasteiger partial charge in [0.1, 0.15) is 0 Å². The third kappa shape index (κ3) is 275. The molecule has 0 saturated carbocycles. The Morgan fingerprint density at radius 3 is 0.0400 bits per heavy atom. The van der Waals surface area contributed by atoms with Crippen LogP contribution in [-0.4, -0.2) is 0 Å². The van der Waals surface area contributed by atoms with Gasteiger partial charge >= 0.3 is 0 Å². The molecule has 0 nitrogen and oxygen atoms in total. The van der Waals surface area contributed by atoms with Gasteiger partial charge in [-0.05, 0) is 0 Å². The van der Waals surface area contributed by atoms with Gasteiger partial charge in [-0.15, -0.1) is 0 Å². The first-order valence-corrected chi connectivity index (χ1v) is 0. The molecule has 0 bridgehead atoms. The minimum Gasteiger partial charge on any atom is 0 e. The fraction of sp³-hybridized carbons (Fsp3) is 0. The Bertz CT molecular complexity index is 0. The molecule has 0 aromatic carbocycles. The van der Waals surface area contributed by atoms with E-state index in [0.717, 1.165) is 0 Å². The van der Waals surface area contributed by atoms with Crippen LogP contribution in [-0.2, 0) is 419 Å². The maximum Gasteiger partial charge on any atom is 0 e. The molecule has 0 aliphatic rings. The molecule has 0 fully saturated rings. The summed E-state index contributed by atoms with van der Waals surface area (Å²) in [5.74, 6) is 0. The van der Waals surface area contributed by atoms with Crippen LogP contribution in [0.4, 0.5) is 0 Å². The molecule has 0 spiro atoms. The fourth-order valence-electron chi connectivity index (χ4n) is 0. The van der Waals surface area contributed by atoms with Gasteiger partial charge < -0.3 is 0 Å². The molecule has 25 heavy (non-hydrogen) atoms. The SMILES string of the molecule is [Co].[Co].[Co].[Co].[Co].[Co].[Co].[Co].[Co].[Co].[Co].[Co].[Co].[Co].[Co].[Co].[Co].[Co].[Co].[Co].[Co].[Co].[Co].[Co].[Co]. The summed E-state index contributed by atoms with van der Waals surface area (Å²) in [6, 6.07) is 0. The Kier molecular flexibility index (Phi) is 3670. The second kappa shape index (κ2) is 291. The van der Waals surface area contributed by atoms with Crippen LogP contribution < -0.4 is 0 Å². The van der Waals surface area contributed by atoms with Crippen LogP contribution in [0.25, 0.3) is 0 Å². The number of hydrogen-bond acceptors (Lipinski definition) is 0. The summed E-state index contributed by atoms with van der Waals surface area (Å²) in [4.78, 5) is 0. The Morgan fingerprint density at radius 1 is 0.0400 bits per heavy atom. The van der Waals surface area contributed by atoms with E-state index in [1.165, 1.54) is 0 Å². The summed E-state index contributed by atoms with van der Waals surface area (Å²) in [7, 11) is 0. The third-order valence-corrected chi connectivity index (χ3v) is 0. The monoisotopic (exact) mass is 1470 g/mol. The van der Waals surface area contributed by atoms with Gasteiger partial charge in [-0.2, -0.15) is 0 Å². The summed E-state index contributed by atoms with van der Waals surface area (Å²) >= 11 is 0. The molecular weight excluding hydrogens is 1470 g/mol. The summed E-state index contributed by atoms with van der Waals surface area (Å²) in [6.07, 6.45) is 0. The number of hydrogen-bond donors (Lipinski definition) is 0. The molecule has 0 rings (SSSR count). The van der Waals surface area contributed by atoms with Crippen LogP contribution in [0.1, 0.15) is 0 Å². The van der Waals surface area contributed by atoms with Crippen molar-refractivity contribution >= 4 is 0 Å². The molecular formula is Co25. The van der Waals surface area contributed by atoms with Crippen LogP contribution in [0.2, 0.25) is 0 Å². The fourth-order valence-corrected chi connectivity index (χ4v) is 0. The first-order chi connectivity index (χ1) is 0. The van der Waals surface area contributed by atoms with Gasteiger partial charge in [0.15, 0.2) is 0 Å². The van der Waals surface area contributed by atoms with E-state index in [4.69, 9.17) is 0 Å². The average molecular weight is 1470 g/mol. The van der Waals surface area contributed by atoms with E-state index in [2.05, 4.69) is 0 Å². The predicted octanol–water partition coefficient (Wildman–Crippen LogP) is -0.0625. The molecule has 25 radical (unpaired) electrons. The molecule has 0 atom stereocenters. The third-order valence-electron chi connectivity index (χ3n) is 0. The van der Waals surface area contributed by atoms with E-state index in [0.29, 0.717) is 0 Å². The maximum atomic E-state index is 0. The topological polar surface area (TPSA) is 0 Å². The van der Waals surface area contributed by atoms with E-state index < -0.39 is 0 Å². The minimum atomic E-state index is 0. The normalized spacial score (nSPS) is 0. The van der Waals surface area contributed by atoms with Crippen molar-refractivity contribution in [2.24, 2.45) is 0 Å². The van der Waals surface area contributed by atoms with Gasteiger partial charge in [0.2, 0.25) is 0 Å². The van der Waals surface area contributed by atoms with Crippen molar-refractivity contribution in [2.45, 2.75) is 0 Å². The Labute approximate surface area is 409 Å². The van der Waals surface area contributed by atoms with Gasteiger partial charge in [0, 0.05) is 419 Å². The zero-order valence-electron chi connectivity index (χ0n) is 8.33. The van der Waals surface area contributed by atoms with Gasteiger partial charge in [-0.1, -0.05) is 0 Å². The summed E-state index contributed by atoms with van der Waals surface area (Å²) in [6.45, 7) is 0. The summed E-state index contributed by atoms with van der Waals surface area (Å²) < 4.78 is 0. The van der Waals surface area contributed by atoms with E-state index in [9.17, 15) is 0 Å². The van der Waals surface area contributed by atoms with Gasteiger partial charge in [0.05, 0.1) is 0 Å². The van der Waals surface area contributed by atoms with Crippen LogP contribution in [0, 0.1) is 0 Å². The van der Waals surface area contributed by atoms with Gasteiger partial charge in [0.25, 0.3) is 0 Å². The average Bonchev–Trinajstić information content (AvgIpc) is 0. The predicted molar refractivity (Wildman–Crippen MR) is 0 cm³/mol. The van der Waals surface area contributed by atoms with E-state index in [-0.39, 0.29) is 419 Å². The largest absolute Gasteiger partial charge is 0 e. The molecule has 0 aliphatic heterocycles. The smallest absolute Gasteiger partial charge is 0 e. The van der Waals surface area contributed by atoms with Crippen LogP contribution in [0.3, 0.4) is 0 Å². The van der Waals surface area contributed by atoms with Gasteiger partial charge in [-0.3, -0.25) is 0 Å². The van der Waals surface area contributed by atoms with E-state index in [1.54, 1.807) is 0 Å². The van der Waals surface area contributed by atoms with Gasteiger partial charge in [-0.25, -0.2) is 0 Å². The first kappa shape index (κ1) is 316. The molecule has 0 N–H and O–H groups in total. The quantitative estimate of drug-likeness (QED) is 0.320. The van der Waals surface area contributed by atoms with Crippen molar-refractivity contribution < 1.29 is 419 Å². The summed E-state index contributed by atoms with van der Waals surface area (Å²) in [5.41, 5.74) is 0. The van der Waals surface area contributed by atoms with Crippen molar-refractivity contribution in [2.75, 3.05) is 0 Å². The van der Waals surface area contributed by atoms with E-state index in [1.807, 2.05) is 0 Å². The molecule has 0 aromatic rings. The number of rotatable bonds is 0. The van der Waals surface area contributed by atoms with Crippen LogP contribution >= 0.6 is 0 Å². The molecule has 0 amide bonds. The molecule has 25 heteroatoms. The second-order valence-electron chi connectivity index (χ2n) is 0. The Hall–Kier alpha value is 12.7. The van der Waals surface area contributed by atoms with Crippen LogP contribution in [0.15, 0.2) is 0 Å². The molecule has 0 aromatic heterocycles. The molecule has 0 aliphatic carbocycles. The van der Waals surface area contributed by atoms with Crippen molar-refractivity contribution in [1.82, 2.24) is 0 Å². The maximum absolute atomic E-state index is 0. The molecule has 225 valence electrons. The summed E-state index contributed by atoms with van der Waals surface area (Å²) in [5, 5.41) is 0. The molecule has 0 saturated heterocycles. The standard InChI is InChI=1S/25Co. The second-order valence-corrected chi connectivity index (χ2v) is 0. The Balaban J connectivity index is 0. The molecule has 0 unspecified atom stereocenters. The minimum absolute atomic E-state index is 0. The van der Waals surface area contributed by atoms with Crippen molar-refractivity contribution in [3.05, 3.63) is 0 Å². The van der Waals surface area contributed by atoms with E-state index >= 15 is 0 Å². The zero-order chi connectivity index (χ0) is 0. The first-order valence-electron chi connectivity index (χ1n) is 0. The van der Waals surface area contributed by atoms with Crippen LogP contribution in [0.5, 0.6) is 0 Å². The van der Waals surface area contributed by atoms with Crippen molar-refractivity contribution in [1.29, 1.82) is 0 Å². The molecule has 0 heterocycles. The van der Waals surface area contributed by atoms with Crippen molar-refractivity contribution in [3.8, 4) is 0 Å². The zero-order valence-corrected chi connectivity index (χ0v) is 34.4.